The summed E-state index contributed by atoms with van der Waals surface area (Å²) >= 11 is 1.70. The fourth-order valence-electron chi connectivity index (χ4n) is 3.19. The predicted molar refractivity (Wildman–Crippen MR) is 85.3 cm³/mol. The molecule has 0 spiro atoms. The van der Waals surface area contributed by atoms with E-state index in [2.05, 4.69) is 10.3 Å². The number of thiazole rings is 1. The van der Waals surface area contributed by atoms with Crippen molar-refractivity contribution in [1.82, 2.24) is 9.88 Å². The van der Waals surface area contributed by atoms with Crippen LogP contribution in [0.3, 0.4) is 0 Å². The van der Waals surface area contributed by atoms with E-state index >= 15 is 0 Å². The van der Waals surface area contributed by atoms with Gasteiger partial charge in [0.1, 0.15) is 11.1 Å². The number of aromatic nitrogens is 1. The molecule has 2 aromatic rings. The van der Waals surface area contributed by atoms with Crippen molar-refractivity contribution < 1.29 is 4.74 Å². The van der Waals surface area contributed by atoms with Gasteiger partial charge in [-0.2, -0.15) is 0 Å². The fraction of sp³-hybridized carbons (Fsp3) is 0.438. The molecule has 1 aromatic carbocycles. The van der Waals surface area contributed by atoms with Gasteiger partial charge in [-0.15, -0.1) is 11.3 Å². The van der Waals surface area contributed by atoms with Gasteiger partial charge in [0.15, 0.2) is 0 Å². The number of ether oxygens (including phenoxy) is 1. The highest BCUT2D eigenvalue weighted by molar-refractivity contribution is 7.10. The zero-order valence-corrected chi connectivity index (χ0v) is 12.7. The average Bonchev–Trinajstić information content (AvgIpc) is 3.16. The highest BCUT2D eigenvalue weighted by atomic mass is 32.1. The molecule has 2 aliphatic heterocycles. The Morgan fingerprint density at radius 1 is 1.29 bits per heavy atom. The number of hydrogen-bond acceptors (Lipinski definition) is 5. The van der Waals surface area contributed by atoms with Crippen molar-refractivity contribution in [3.05, 3.63) is 34.7 Å². The second-order valence-electron chi connectivity index (χ2n) is 5.81. The van der Waals surface area contributed by atoms with Crippen LogP contribution in [0.15, 0.2) is 29.6 Å². The molecular weight excluding hydrogens is 282 g/mol. The number of hydrogen-bond donors (Lipinski definition) is 1. The lowest BCUT2D eigenvalue weighted by molar-refractivity contribution is -0.0502. The molecule has 1 aromatic heterocycles. The van der Waals surface area contributed by atoms with Crippen molar-refractivity contribution >= 4 is 17.0 Å². The van der Waals surface area contributed by atoms with Gasteiger partial charge in [-0.3, -0.25) is 4.90 Å². The molecule has 0 amide bonds. The summed E-state index contributed by atoms with van der Waals surface area (Å²) in [5.74, 6) is 0. The Morgan fingerprint density at radius 3 is 3.00 bits per heavy atom. The Morgan fingerprint density at radius 2 is 2.14 bits per heavy atom. The van der Waals surface area contributed by atoms with Crippen molar-refractivity contribution in [2.24, 2.45) is 0 Å². The molecule has 0 bridgehead atoms. The molecule has 2 fully saturated rings. The third kappa shape index (κ3) is 2.57. The molecule has 2 atom stereocenters. The molecule has 2 N–H and O–H groups in total. The summed E-state index contributed by atoms with van der Waals surface area (Å²) in [6, 6.07) is 8.51. The summed E-state index contributed by atoms with van der Waals surface area (Å²) in [6.07, 6.45) is 2.71. The van der Waals surface area contributed by atoms with E-state index in [9.17, 15) is 0 Å². The molecule has 2 unspecified atom stereocenters. The van der Waals surface area contributed by atoms with Gasteiger partial charge in [-0.05, 0) is 31.5 Å². The first-order valence-corrected chi connectivity index (χ1v) is 8.34. The van der Waals surface area contributed by atoms with Crippen LogP contribution in [0, 0.1) is 0 Å². The van der Waals surface area contributed by atoms with Crippen LogP contribution in [0.1, 0.15) is 24.0 Å². The van der Waals surface area contributed by atoms with E-state index in [1.165, 1.54) is 19.4 Å². The van der Waals surface area contributed by atoms with Crippen molar-refractivity contribution in [3.8, 4) is 11.3 Å². The molecule has 0 radical (unpaired) electrons. The first-order valence-electron chi connectivity index (χ1n) is 7.46. The van der Waals surface area contributed by atoms with E-state index in [1.807, 2.05) is 24.3 Å². The molecule has 4 rings (SSSR count). The van der Waals surface area contributed by atoms with Crippen molar-refractivity contribution in [1.29, 1.82) is 0 Å². The third-order valence-corrected chi connectivity index (χ3v) is 5.33. The highest BCUT2D eigenvalue weighted by Crippen LogP contribution is 2.33. The van der Waals surface area contributed by atoms with Gasteiger partial charge in [0.05, 0.1) is 12.3 Å². The lowest BCUT2D eigenvalue weighted by atomic mass is 10.1. The van der Waals surface area contributed by atoms with E-state index in [-0.39, 0.29) is 6.10 Å². The quantitative estimate of drug-likeness (QED) is 0.867. The van der Waals surface area contributed by atoms with Crippen LogP contribution in [-0.2, 0) is 4.74 Å². The lowest BCUT2D eigenvalue weighted by Crippen LogP contribution is -2.42. The molecule has 2 saturated heterocycles. The summed E-state index contributed by atoms with van der Waals surface area (Å²) in [5, 5.41) is 3.20. The summed E-state index contributed by atoms with van der Waals surface area (Å²) in [4.78, 5) is 7.33. The van der Waals surface area contributed by atoms with Gasteiger partial charge in [-0.1, -0.05) is 12.1 Å². The maximum atomic E-state index is 6.03. The standard InChI is InChI=1S/C16H19N3OS/c17-12-5-3-11(4-6-12)14-10-21-16(18-14)15-8-19-7-1-2-13(19)9-20-15/h3-6,10,13,15H,1-2,7-9,17H2. The zero-order chi connectivity index (χ0) is 14.2. The first-order chi connectivity index (χ1) is 10.3. The van der Waals surface area contributed by atoms with Gasteiger partial charge in [0.2, 0.25) is 0 Å². The van der Waals surface area contributed by atoms with Gasteiger partial charge < -0.3 is 10.5 Å². The summed E-state index contributed by atoms with van der Waals surface area (Å²) < 4.78 is 6.03. The Balaban J connectivity index is 1.53. The number of benzene rings is 1. The van der Waals surface area contributed by atoms with Crippen LogP contribution in [0.4, 0.5) is 5.69 Å². The number of fused-ring (bicyclic) bond motifs is 1. The fourth-order valence-corrected chi connectivity index (χ4v) is 4.06. The smallest absolute Gasteiger partial charge is 0.124 e. The second-order valence-corrected chi connectivity index (χ2v) is 6.70. The highest BCUT2D eigenvalue weighted by Gasteiger charge is 2.34. The molecule has 21 heavy (non-hydrogen) atoms. The van der Waals surface area contributed by atoms with E-state index in [0.29, 0.717) is 6.04 Å². The second kappa shape index (κ2) is 5.40. The van der Waals surface area contributed by atoms with Gasteiger partial charge >= 0.3 is 0 Å². The Bertz CT molecular complexity index is 625. The monoisotopic (exact) mass is 301 g/mol. The minimum atomic E-state index is 0.131. The van der Waals surface area contributed by atoms with E-state index in [4.69, 9.17) is 15.5 Å². The van der Waals surface area contributed by atoms with Crippen LogP contribution in [-0.4, -0.2) is 35.6 Å². The number of rotatable bonds is 2. The molecule has 2 aliphatic rings. The Labute approximate surface area is 128 Å². The van der Waals surface area contributed by atoms with Crippen LogP contribution < -0.4 is 5.73 Å². The minimum Gasteiger partial charge on any atom is -0.399 e. The summed E-state index contributed by atoms with van der Waals surface area (Å²) in [6.45, 7) is 3.04. The molecule has 5 heteroatoms. The molecule has 0 aliphatic carbocycles. The van der Waals surface area contributed by atoms with Crippen LogP contribution in [0.25, 0.3) is 11.3 Å². The third-order valence-electron chi connectivity index (χ3n) is 4.39. The van der Waals surface area contributed by atoms with Crippen molar-refractivity contribution in [3.63, 3.8) is 0 Å². The Hall–Kier alpha value is -1.43. The van der Waals surface area contributed by atoms with E-state index in [0.717, 1.165) is 35.1 Å². The number of anilines is 1. The van der Waals surface area contributed by atoms with Crippen molar-refractivity contribution in [2.75, 3.05) is 25.4 Å². The summed E-state index contributed by atoms with van der Waals surface area (Å²) in [5.41, 5.74) is 8.64. The lowest BCUT2D eigenvalue weighted by Gasteiger charge is -2.34. The normalized spacial score (nSPS) is 25.9. The van der Waals surface area contributed by atoms with E-state index < -0.39 is 0 Å². The number of morpholine rings is 1. The maximum Gasteiger partial charge on any atom is 0.124 e. The molecule has 4 nitrogen and oxygen atoms in total. The molecule has 0 saturated carbocycles. The number of nitrogens with two attached hydrogens (primary N) is 1. The number of nitrogen functional groups attached to an aromatic ring is 1. The van der Waals surface area contributed by atoms with Gasteiger partial charge in [-0.25, -0.2) is 4.98 Å². The molecular formula is C16H19N3OS. The molecule has 3 heterocycles. The predicted octanol–water partition coefficient (Wildman–Crippen LogP) is 2.93. The Kier molecular flexibility index (Phi) is 3.41. The van der Waals surface area contributed by atoms with Crippen molar-refractivity contribution in [2.45, 2.75) is 25.0 Å². The van der Waals surface area contributed by atoms with Crippen LogP contribution in [0.2, 0.25) is 0 Å². The summed E-state index contributed by atoms with van der Waals surface area (Å²) in [7, 11) is 0. The van der Waals surface area contributed by atoms with Crippen LogP contribution in [0.5, 0.6) is 0 Å². The van der Waals surface area contributed by atoms with Gasteiger partial charge in [0, 0.05) is 29.2 Å². The molecule has 110 valence electrons. The zero-order valence-electron chi connectivity index (χ0n) is 11.9. The first kappa shape index (κ1) is 13.2. The minimum absolute atomic E-state index is 0.131. The SMILES string of the molecule is Nc1ccc(-c2csc(C3CN4CCCC4CO3)n2)cc1. The number of nitrogens with zero attached hydrogens (tertiary/aromatic N) is 2. The topological polar surface area (TPSA) is 51.4 Å². The average molecular weight is 301 g/mol. The maximum absolute atomic E-state index is 6.03. The van der Waals surface area contributed by atoms with Gasteiger partial charge in [0.25, 0.3) is 0 Å². The van der Waals surface area contributed by atoms with Crippen LogP contribution >= 0.6 is 11.3 Å². The van der Waals surface area contributed by atoms with E-state index in [1.54, 1.807) is 11.3 Å². The largest absolute Gasteiger partial charge is 0.399 e.